The van der Waals surface area contributed by atoms with E-state index in [9.17, 15) is 0 Å². The highest BCUT2D eigenvalue weighted by atomic mass is 16.5. The zero-order valence-corrected chi connectivity index (χ0v) is 9.76. The van der Waals surface area contributed by atoms with E-state index in [1.165, 1.54) is 6.42 Å². The van der Waals surface area contributed by atoms with Crippen molar-refractivity contribution < 1.29 is 4.74 Å². The van der Waals surface area contributed by atoms with E-state index in [-0.39, 0.29) is 0 Å². The summed E-state index contributed by atoms with van der Waals surface area (Å²) in [7, 11) is 3.81. The predicted molar refractivity (Wildman–Crippen MR) is 58.0 cm³/mol. The van der Waals surface area contributed by atoms with Gasteiger partial charge in [0.05, 0.1) is 6.10 Å². The summed E-state index contributed by atoms with van der Waals surface area (Å²) in [5.41, 5.74) is 0. The molecule has 0 radical (unpaired) electrons. The fourth-order valence-corrected chi connectivity index (χ4v) is 1.78. The fourth-order valence-electron chi connectivity index (χ4n) is 1.78. The van der Waals surface area contributed by atoms with Gasteiger partial charge < -0.3 is 10.1 Å². The van der Waals surface area contributed by atoms with E-state index in [0.717, 1.165) is 24.8 Å². The van der Waals surface area contributed by atoms with Crippen LogP contribution in [0.4, 0.5) is 0 Å². The monoisotopic (exact) mass is 187 g/mol. The third-order valence-corrected chi connectivity index (χ3v) is 2.37. The Hall–Kier alpha value is -0.0800. The van der Waals surface area contributed by atoms with Crippen LogP contribution in [0.25, 0.3) is 0 Å². The molecule has 80 valence electrons. The van der Waals surface area contributed by atoms with Crippen molar-refractivity contribution in [1.29, 1.82) is 0 Å². The van der Waals surface area contributed by atoms with Gasteiger partial charge in [-0.15, -0.1) is 0 Å². The first-order chi connectivity index (χ1) is 6.10. The first kappa shape index (κ1) is 12.9. The van der Waals surface area contributed by atoms with Gasteiger partial charge in [0.15, 0.2) is 0 Å². The van der Waals surface area contributed by atoms with Crippen LogP contribution < -0.4 is 5.32 Å². The van der Waals surface area contributed by atoms with E-state index in [1.54, 1.807) is 7.11 Å². The van der Waals surface area contributed by atoms with Gasteiger partial charge in [0.25, 0.3) is 0 Å². The third kappa shape index (κ3) is 7.03. The average Bonchev–Trinajstić information content (AvgIpc) is 2.03. The molecular weight excluding hydrogens is 162 g/mol. The SMILES string of the molecule is CNCC(CC(C)C)CC(C)OC. The number of hydrogen-bond donors (Lipinski definition) is 1. The van der Waals surface area contributed by atoms with Crippen LogP contribution in [0.15, 0.2) is 0 Å². The summed E-state index contributed by atoms with van der Waals surface area (Å²) in [6.07, 6.45) is 2.83. The van der Waals surface area contributed by atoms with Crippen LogP contribution in [-0.2, 0) is 4.74 Å². The average molecular weight is 187 g/mol. The van der Waals surface area contributed by atoms with Gasteiger partial charge in [0, 0.05) is 7.11 Å². The topological polar surface area (TPSA) is 21.3 Å². The van der Waals surface area contributed by atoms with Gasteiger partial charge in [-0.1, -0.05) is 13.8 Å². The zero-order valence-electron chi connectivity index (χ0n) is 9.76. The van der Waals surface area contributed by atoms with Crippen LogP contribution in [0.3, 0.4) is 0 Å². The van der Waals surface area contributed by atoms with E-state index in [2.05, 4.69) is 26.1 Å². The van der Waals surface area contributed by atoms with Gasteiger partial charge in [-0.3, -0.25) is 0 Å². The minimum atomic E-state index is 0.386. The largest absolute Gasteiger partial charge is 0.382 e. The second kappa shape index (κ2) is 7.34. The summed E-state index contributed by atoms with van der Waals surface area (Å²) in [5, 5.41) is 3.25. The second-order valence-corrected chi connectivity index (χ2v) is 4.34. The van der Waals surface area contributed by atoms with Crippen LogP contribution in [0.2, 0.25) is 0 Å². The number of hydrogen-bond acceptors (Lipinski definition) is 2. The van der Waals surface area contributed by atoms with E-state index in [4.69, 9.17) is 4.74 Å². The maximum Gasteiger partial charge on any atom is 0.0546 e. The molecule has 0 aromatic carbocycles. The lowest BCUT2D eigenvalue weighted by molar-refractivity contribution is 0.0913. The molecule has 0 aliphatic heterocycles. The Morgan fingerprint density at radius 1 is 1.15 bits per heavy atom. The minimum absolute atomic E-state index is 0.386. The summed E-state index contributed by atoms with van der Waals surface area (Å²) in [5.74, 6) is 1.53. The van der Waals surface area contributed by atoms with E-state index in [0.29, 0.717) is 6.10 Å². The van der Waals surface area contributed by atoms with Gasteiger partial charge in [0.1, 0.15) is 0 Å². The lowest BCUT2D eigenvalue weighted by Crippen LogP contribution is -2.24. The maximum atomic E-state index is 5.28. The van der Waals surface area contributed by atoms with Crippen LogP contribution in [-0.4, -0.2) is 26.8 Å². The molecule has 0 heterocycles. The van der Waals surface area contributed by atoms with Gasteiger partial charge in [-0.05, 0) is 45.2 Å². The summed E-state index contributed by atoms with van der Waals surface area (Å²) in [6, 6.07) is 0. The van der Waals surface area contributed by atoms with Crippen molar-refractivity contribution >= 4 is 0 Å². The highest BCUT2D eigenvalue weighted by molar-refractivity contribution is 4.66. The zero-order chi connectivity index (χ0) is 10.3. The van der Waals surface area contributed by atoms with E-state index >= 15 is 0 Å². The molecule has 0 amide bonds. The summed E-state index contributed by atoms with van der Waals surface area (Å²) >= 11 is 0. The smallest absolute Gasteiger partial charge is 0.0546 e. The van der Waals surface area contributed by atoms with Crippen LogP contribution in [0, 0.1) is 11.8 Å². The molecule has 13 heavy (non-hydrogen) atoms. The Bertz CT molecular complexity index is 115. The Kier molecular flexibility index (Phi) is 7.29. The number of ether oxygens (including phenoxy) is 1. The number of rotatable bonds is 7. The molecule has 0 aliphatic rings. The first-order valence-electron chi connectivity index (χ1n) is 5.27. The Morgan fingerprint density at radius 3 is 2.15 bits per heavy atom. The Balaban J connectivity index is 3.78. The maximum absolute atomic E-state index is 5.28. The van der Waals surface area contributed by atoms with Crippen molar-refractivity contribution in [2.45, 2.75) is 39.7 Å². The predicted octanol–water partition coefficient (Wildman–Crippen LogP) is 2.29. The van der Waals surface area contributed by atoms with E-state index in [1.807, 2.05) is 7.05 Å². The van der Waals surface area contributed by atoms with Gasteiger partial charge in [0.2, 0.25) is 0 Å². The molecule has 0 rings (SSSR count). The molecule has 0 spiro atoms. The van der Waals surface area contributed by atoms with Crippen molar-refractivity contribution in [2.24, 2.45) is 11.8 Å². The summed E-state index contributed by atoms with van der Waals surface area (Å²) in [4.78, 5) is 0. The summed E-state index contributed by atoms with van der Waals surface area (Å²) < 4.78 is 5.28. The van der Waals surface area contributed by atoms with Gasteiger partial charge in [-0.25, -0.2) is 0 Å². The molecule has 2 nitrogen and oxygen atoms in total. The highest BCUT2D eigenvalue weighted by Gasteiger charge is 2.13. The van der Waals surface area contributed by atoms with E-state index < -0.39 is 0 Å². The lowest BCUT2D eigenvalue weighted by Gasteiger charge is -2.21. The molecule has 1 N–H and O–H groups in total. The fraction of sp³-hybridized carbons (Fsp3) is 1.00. The number of methoxy groups -OCH3 is 1. The molecule has 0 aromatic rings. The summed E-state index contributed by atoms with van der Waals surface area (Å²) in [6.45, 7) is 7.80. The molecule has 2 atom stereocenters. The van der Waals surface area contributed by atoms with Gasteiger partial charge in [-0.2, -0.15) is 0 Å². The minimum Gasteiger partial charge on any atom is -0.382 e. The lowest BCUT2D eigenvalue weighted by atomic mass is 9.92. The standard InChI is InChI=1S/C11H25NO/c1-9(2)6-11(8-12-4)7-10(3)13-5/h9-12H,6-8H2,1-5H3. The van der Waals surface area contributed by atoms with Crippen molar-refractivity contribution in [3.05, 3.63) is 0 Å². The molecule has 0 bridgehead atoms. The molecule has 0 aromatic heterocycles. The first-order valence-corrected chi connectivity index (χ1v) is 5.27. The van der Waals surface area contributed by atoms with Crippen LogP contribution >= 0.6 is 0 Å². The Labute approximate surface area is 83.1 Å². The molecular formula is C11H25NO. The molecule has 0 fully saturated rings. The van der Waals surface area contributed by atoms with Crippen molar-refractivity contribution in [3.8, 4) is 0 Å². The molecule has 2 heteroatoms. The third-order valence-electron chi connectivity index (χ3n) is 2.37. The van der Waals surface area contributed by atoms with Crippen LogP contribution in [0.1, 0.15) is 33.6 Å². The quantitative estimate of drug-likeness (QED) is 0.660. The number of nitrogens with one attached hydrogen (secondary N) is 1. The molecule has 0 aliphatic carbocycles. The molecule has 0 saturated carbocycles. The van der Waals surface area contributed by atoms with Crippen molar-refractivity contribution in [3.63, 3.8) is 0 Å². The van der Waals surface area contributed by atoms with Gasteiger partial charge >= 0.3 is 0 Å². The Morgan fingerprint density at radius 2 is 1.77 bits per heavy atom. The highest BCUT2D eigenvalue weighted by Crippen LogP contribution is 2.17. The molecule has 2 unspecified atom stereocenters. The van der Waals surface area contributed by atoms with Crippen molar-refractivity contribution in [1.82, 2.24) is 5.32 Å². The normalized spacial score (nSPS) is 16.2. The van der Waals surface area contributed by atoms with Crippen molar-refractivity contribution in [2.75, 3.05) is 20.7 Å². The van der Waals surface area contributed by atoms with Crippen LogP contribution in [0.5, 0.6) is 0 Å². The molecule has 0 saturated heterocycles. The second-order valence-electron chi connectivity index (χ2n) is 4.34.